The number of aromatic hydroxyl groups is 1. The number of phenols is 1. The molecule has 4 rings (SSSR count). The van der Waals surface area contributed by atoms with Crippen LogP contribution >= 0.6 is 24.0 Å². The first-order valence-corrected chi connectivity index (χ1v) is 9.90. The van der Waals surface area contributed by atoms with Crippen LogP contribution in [0.4, 0.5) is 10.1 Å². The third-order valence-corrected chi connectivity index (χ3v) is 5.42. The van der Waals surface area contributed by atoms with Crippen molar-refractivity contribution in [2.24, 2.45) is 4.99 Å². The summed E-state index contributed by atoms with van der Waals surface area (Å²) < 4.78 is 13.3. The standard InChI is InChI=1S/C22H26FN5O.HI/c1-24-22(25-9-8-16-15-26-19-14-17(23)6-7-18(16)19)28-12-10-27(11-13-28)20-4-2-3-5-21(20)29;/h2-7,14-15,26,29H,8-13H2,1H3,(H,24,25);1H. The number of para-hydroxylation sites is 2. The van der Waals surface area contributed by atoms with Crippen LogP contribution in [-0.4, -0.2) is 60.7 Å². The van der Waals surface area contributed by atoms with Crippen molar-refractivity contribution in [3.8, 4) is 5.75 Å². The number of fused-ring (bicyclic) bond motifs is 1. The Balaban J connectivity index is 0.00000256. The minimum Gasteiger partial charge on any atom is -0.506 e. The van der Waals surface area contributed by atoms with Crippen LogP contribution in [0.3, 0.4) is 0 Å². The van der Waals surface area contributed by atoms with Gasteiger partial charge in [-0.1, -0.05) is 12.1 Å². The highest BCUT2D eigenvalue weighted by Gasteiger charge is 2.21. The molecule has 2 heterocycles. The fourth-order valence-corrected chi connectivity index (χ4v) is 3.90. The number of aromatic amines is 1. The topological polar surface area (TPSA) is 66.9 Å². The summed E-state index contributed by atoms with van der Waals surface area (Å²) >= 11 is 0. The predicted octanol–water partition coefficient (Wildman–Crippen LogP) is 3.57. The van der Waals surface area contributed by atoms with E-state index in [-0.39, 0.29) is 29.8 Å². The van der Waals surface area contributed by atoms with Crippen molar-refractivity contribution in [3.05, 3.63) is 60.0 Å². The summed E-state index contributed by atoms with van der Waals surface area (Å²) in [5.74, 6) is 0.974. The second kappa shape index (κ2) is 10.0. The number of benzene rings is 2. The number of hydrogen-bond acceptors (Lipinski definition) is 3. The van der Waals surface area contributed by atoms with E-state index >= 15 is 0 Å². The molecule has 0 aliphatic carbocycles. The number of H-pyrrole nitrogens is 1. The minimum atomic E-state index is -0.229. The maximum Gasteiger partial charge on any atom is 0.193 e. The van der Waals surface area contributed by atoms with Crippen LogP contribution in [0, 0.1) is 5.82 Å². The summed E-state index contributed by atoms with van der Waals surface area (Å²) in [4.78, 5) is 12.0. The second-order valence-electron chi connectivity index (χ2n) is 7.19. The molecule has 0 bridgehead atoms. The molecule has 0 saturated carbocycles. The van der Waals surface area contributed by atoms with Gasteiger partial charge in [0, 0.05) is 56.9 Å². The Morgan fingerprint density at radius 2 is 1.93 bits per heavy atom. The summed E-state index contributed by atoms with van der Waals surface area (Å²) in [6.07, 6.45) is 2.77. The maximum atomic E-state index is 13.3. The molecule has 0 radical (unpaired) electrons. The SMILES string of the molecule is CN=C(NCCc1c[nH]c2cc(F)ccc12)N1CCN(c2ccccc2O)CC1.I. The number of rotatable bonds is 4. The van der Waals surface area contributed by atoms with E-state index in [4.69, 9.17) is 0 Å². The Hall–Kier alpha value is -2.49. The van der Waals surface area contributed by atoms with Gasteiger partial charge in [0.25, 0.3) is 0 Å². The molecule has 3 aromatic rings. The Morgan fingerprint density at radius 1 is 1.17 bits per heavy atom. The number of hydrogen-bond donors (Lipinski definition) is 3. The van der Waals surface area contributed by atoms with Crippen LogP contribution in [0.15, 0.2) is 53.7 Å². The molecule has 30 heavy (non-hydrogen) atoms. The quantitative estimate of drug-likeness (QED) is 0.278. The van der Waals surface area contributed by atoms with Gasteiger partial charge < -0.3 is 25.2 Å². The molecule has 1 aliphatic heterocycles. The fourth-order valence-electron chi connectivity index (χ4n) is 3.90. The van der Waals surface area contributed by atoms with Crippen molar-refractivity contribution in [1.82, 2.24) is 15.2 Å². The Kier molecular flexibility index (Phi) is 7.41. The zero-order valence-corrected chi connectivity index (χ0v) is 19.3. The van der Waals surface area contributed by atoms with Gasteiger partial charge in [0.1, 0.15) is 11.6 Å². The van der Waals surface area contributed by atoms with Crippen LogP contribution in [0.2, 0.25) is 0 Å². The van der Waals surface area contributed by atoms with Gasteiger partial charge in [0.15, 0.2) is 5.96 Å². The first-order valence-electron chi connectivity index (χ1n) is 9.90. The predicted molar refractivity (Wildman–Crippen MR) is 131 cm³/mol. The lowest BCUT2D eigenvalue weighted by atomic mass is 10.1. The van der Waals surface area contributed by atoms with E-state index in [1.807, 2.05) is 30.5 Å². The number of aliphatic imine (C=N–C) groups is 1. The van der Waals surface area contributed by atoms with Gasteiger partial charge in [0.05, 0.1) is 5.69 Å². The van der Waals surface area contributed by atoms with Crippen molar-refractivity contribution in [1.29, 1.82) is 0 Å². The molecule has 1 fully saturated rings. The summed E-state index contributed by atoms with van der Waals surface area (Å²) in [5, 5.41) is 14.6. The molecule has 0 unspecified atom stereocenters. The Morgan fingerprint density at radius 3 is 2.67 bits per heavy atom. The van der Waals surface area contributed by atoms with Gasteiger partial charge in [0.2, 0.25) is 0 Å². The van der Waals surface area contributed by atoms with Crippen molar-refractivity contribution >= 4 is 46.5 Å². The Bertz CT molecular complexity index is 1010. The number of nitrogens with zero attached hydrogens (tertiary/aromatic N) is 3. The van der Waals surface area contributed by atoms with Gasteiger partial charge in [-0.3, -0.25) is 4.99 Å². The van der Waals surface area contributed by atoms with E-state index in [1.54, 1.807) is 13.1 Å². The average Bonchev–Trinajstić information content (AvgIpc) is 3.14. The van der Waals surface area contributed by atoms with Gasteiger partial charge in [-0.05, 0) is 42.3 Å². The minimum absolute atomic E-state index is 0. The van der Waals surface area contributed by atoms with Gasteiger partial charge >= 0.3 is 0 Å². The molecule has 1 saturated heterocycles. The van der Waals surface area contributed by atoms with Crippen LogP contribution in [0.1, 0.15) is 5.56 Å². The fraction of sp³-hybridized carbons (Fsp3) is 0.318. The number of nitrogens with one attached hydrogen (secondary N) is 2. The monoisotopic (exact) mass is 523 g/mol. The third kappa shape index (κ3) is 4.80. The molecule has 3 N–H and O–H groups in total. The molecule has 2 aromatic carbocycles. The zero-order chi connectivity index (χ0) is 20.2. The molecule has 8 heteroatoms. The molecule has 1 aromatic heterocycles. The highest BCUT2D eigenvalue weighted by molar-refractivity contribution is 14.0. The lowest BCUT2D eigenvalue weighted by molar-refractivity contribution is 0.370. The van der Waals surface area contributed by atoms with E-state index in [2.05, 4.69) is 25.1 Å². The van der Waals surface area contributed by atoms with E-state index < -0.39 is 0 Å². The summed E-state index contributed by atoms with van der Waals surface area (Å²) in [5.41, 5.74) is 2.86. The number of phenolic OH excluding ortho intramolecular Hbond substituents is 1. The van der Waals surface area contributed by atoms with Gasteiger partial charge in [-0.15, -0.1) is 24.0 Å². The number of piperazine rings is 1. The van der Waals surface area contributed by atoms with E-state index in [1.165, 1.54) is 12.1 Å². The van der Waals surface area contributed by atoms with Crippen LogP contribution < -0.4 is 10.2 Å². The van der Waals surface area contributed by atoms with E-state index in [0.717, 1.165) is 67.3 Å². The van der Waals surface area contributed by atoms with E-state index in [0.29, 0.717) is 5.75 Å². The van der Waals surface area contributed by atoms with Crippen LogP contribution in [0.5, 0.6) is 5.75 Å². The first kappa shape index (κ1) is 22.2. The van der Waals surface area contributed by atoms with Gasteiger partial charge in [-0.2, -0.15) is 0 Å². The van der Waals surface area contributed by atoms with Crippen molar-refractivity contribution in [2.75, 3.05) is 44.7 Å². The summed E-state index contributed by atoms with van der Waals surface area (Å²) in [6.45, 7) is 4.07. The lowest BCUT2D eigenvalue weighted by Crippen LogP contribution is -2.52. The number of aromatic nitrogens is 1. The van der Waals surface area contributed by atoms with Crippen LogP contribution in [0.25, 0.3) is 10.9 Å². The molecular weight excluding hydrogens is 496 g/mol. The third-order valence-electron chi connectivity index (χ3n) is 5.42. The summed E-state index contributed by atoms with van der Waals surface area (Å²) in [6, 6.07) is 12.3. The Labute approximate surface area is 192 Å². The smallest absolute Gasteiger partial charge is 0.193 e. The van der Waals surface area contributed by atoms with Gasteiger partial charge in [-0.25, -0.2) is 4.39 Å². The zero-order valence-electron chi connectivity index (χ0n) is 16.9. The van der Waals surface area contributed by atoms with Crippen molar-refractivity contribution in [2.45, 2.75) is 6.42 Å². The van der Waals surface area contributed by atoms with Crippen molar-refractivity contribution < 1.29 is 9.50 Å². The summed E-state index contributed by atoms with van der Waals surface area (Å²) in [7, 11) is 1.80. The number of guanidine groups is 1. The molecular formula is C22H27FIN5O. The molecule has 6 nitrogen and oxygen atoms in total. The normalized spacial score (nSPS) is 14.7. The molecule has 0 spiro atoms. The highest BCUT2D eigenvalue weighted by Crippen LogP contribution is 2.27. The molecule has 0 atom stereocenters. The van der Waals surface area contributed by atoms with Crippen LogP contribution in [-0.2, 0) is 6.42 Å². The van der Waals surface area contributed by atoms with E-state index in [9.17, 15) is 9.50 Å². The molecule has 0 amide bonds. The highest BCUT2D eigenvalue weighted by atomic mass is 127. The molecule has 1 aliphatic rings. The first-order chi connectivity index (χ1) is 14.2. The average molecular weight is 523 g/mol. The number of anilines is 1. The number of halogens is 2. The lowest BCUT2D eigenvalue weighted by Gasteiger charge is -2.37. The second-order valence-corrected chi connectivity index (χ2v) is 7.19. The molecule has 160 valence electrons. The largest absolute Gasteiger partial charge is 0.506 e. The maximum absolute atomic E-state index is 13.3. The van der Waals surface area contributed by atoms with Crippen molar-refractivity contribution in [3.63, 3.8) is 0 Å².